The van der Waals surface area contributed by atoms with Crippen LogP contribution in [0.5, 0.6) is 0 Å². The van der Waals surface area contributed by atoms with Gasteiger partial charge < -0.3 is 5.32 Å². The predicted octanol–water partition coefficient (Wildman–Crippen LogP) is 3.76. The van der Waals surface area contributed by atoms with Crippen LogP contribution in [0.25, 0.3) is 0 Å². The first-order chi connectivity index (χ1) is 8.74. The van der Waals surface area contributed by atoms with Gasteiger partial charge in [0.2, 0.25) is 5.91 Å². The van der Waals surface area contributed by atoms with Crippen molar-refractivity contribution in [3.8, 4) is 0 Å². The van der Waals surface area contributed by atoms with Crippen molar-refractivity contribution in [2.24, 2.45) is 11.3 Å². The average Bonchev–Trinajstić information content (AvgIpc) is 2.98. The van der Waals surface area contributed by atoms with Gasteiger partial charge in [0.1, 0.15) is 0 Å². The number of carbonyl (C=O) groups excluding carboxylic acids is 1. The first-order valence-corrected chi connectivity index (χ1v) is 6.82. The second-order valence-corrected chi connectivity index (χ2v) is 5.45. The van der Waals surface area contributed by atoms with Gasteiger partial charge in [-0.1, -0.05) is 36.8 Å². The van der Waals surface area contributed by atoms with Gasteiger partial charge in [0, 0.05) is 5.69 Å². The molecule has 1 fully saturated rings. The number of amides is 1. The number of fused-ring (bicyclic) bond motifs is 2. The van der Waals surface area contributed by atoms with Gasteiger partial charge >= 0.3 is 0 Å². The zero-order valence-corrected chi connectivity index (χ0v) is 10.8. The van der Waals surface area contributed by atoms with E-state index in [1.54, 1.807) is 0 Å². The predicted molar refractivity (Wildman–Crippen MR) is 73.2 cm³/mol. The molecule has 94 valence electrons. The van der Waals surface area contributed by atoms with Crippen LogP contribution >= 0.6 is 0 Å². The number of benzene rings is 1. The SMILES string of the molecule is CCC1=CC2CCC1(C(=O)Nc1ccccc1)C2. The topological polar surface area (TPSA) is 29.1 Å². The van der Waals surface area contributed by atoms with E-state index in [0.717, 1.165) is 24.9 Å². The summed E-state index contributed by atoms with van der Waals surface area (Å²) in [6.07, 6.45) is 6.56. The molecule has 3 rings (SSSR count). The summed E-state index contributed by atoms with van der Waals surface area (Å²) in [4.78, 5) is 12.6. The number of allylic oxidation sites excluding steroid dienone is 1. The van der Waals surface area contributed by atoms with Crippen molar-refractivity contribution in [2.45, 2.75) is 32.6 Å². The summed E-state index contributed by atoms with van der Waals surface area (Å²) < 4.78 is 0. The lowest BCUT2D eigenvalue weighted by Gasteiger charge is -2.28. The van der Waals surface area contributed by atoms with E-state index in [9.17, 15) is 4.79 Å². The van der Waals surface area contributed by atoms with Crippen LogP contribution in [0.1, 0.15) is 32.6 Å². The molecule has 2 heteroatoms. The molecule has 0 aromatic heterocycles. The van der Waals surface area contributed by atoms with Gasteiger partial charge in [-0.25, -0.2) is 0 Å². The summed E-state index contributed by atoms with van der Waals surface area (Å²) in [6.45, 7) is 2.16. The molecule has 2 unspecified atom stereocenters. The number of para-hydroxylation sites is 1. The molecular formula is C16H19NO. The zero-order chi connectivity index (χ0) is 12.6. The van der Waals surface area contributed by atoms with E-state index in [2.05, 4.69) is 18.3 Å². The second kappa shape index (κ2) is 4.27. The fourth-order valence-electron chi connectivity index (χ4n) is 3.54. The summed E-state index contributed by atoms with van der Waals surface area (Å²) in [6, 6.07) is 9.77. The number of rotatable bonds is 3. The molecule has 0 saturated heterocycles. The van der Waals surface area contributed by atoms with Crippen molar-refractivity contribution >= 4 is 11.6 Å². The van der Waals surface area contributed by atoms with Gasteiger partial charge in [0.05, 0.1) is 5.41 Å². The van der Waals surface area contributed by atoms with E-state index in [4.69, 9.17) is 0 Å². The Morgan fingerprint density at radius 3 is 2.83 bits per heavy atom. The molecule has 1 amide bonds. The van der Waals surface area contributed by atoms with Crippen LogP contribution in [0, 0.1) is 11.3 Å². The number of nitrogens with one attached hydrogen (secondary N) is 1. The lowest BCUT2D eigenvalue weighted by molar-refractivity contribution is -0.123. The Kier molecular flexibility index (Phi) is 2.73. The lowest BCUT2D eigenvalue weighted by atomic mass is 9.78. The van der Waals surface area contributed by atoms with Crippen molar-refractivity contribution in [2.75, 3.05) is 5.32 Å². The second-order valence-electron chi connectivity index (χ2n) is 5.45. The molecule has 0 spiro atoms. The molecule has 0 aliphatic heterocycles. The number of hydrogen-bond acceptors (Lipinski definition) is 1. The van der Waals surface area contributed by atoms with Crippen molar-refractivity contribution in [1.29, 1.82) is 0 Å². The first kappa shape index (κ1) is 11.5. The Balaban J connectivity index is 1.83. The van der Waals surface area contributed by atoms with Crippen LogP contribution in [-0.2, 0) is 4.79 Å². The minimum Gasteiger partial charge on any atom is -0.325 e. The van der Waals surface area contributed by atoms with Gasteiger partial charge in [0.25, 0.3) is 0 Å². The van der Waals surface area contributed by atoms with E-state index in [1.165, 1.54) is 12.0 Å². The Bertz CT molecular complexity index is 491. The Hall–Kier alpha value is -1.57. The molecule has 1 saturated carbocycles. The maximum atomic E-state index is 12.6. The zero-order valence-electron chi connectivity index (χ0n) is 10.8. The van der Waals surface area contributed by atoms with Crippen molar-refractivity contribution in [3.63, 3.8) is 0 Å². The lowest BCUT2D eigenvalue weighted by Crippen LogP contribution is -2.34. The molecule has 2 nitrogen and oxygen atoms in total. The van der Waals surface area contributed by atoms with Crippen LogP contribution < -0.4 is 5.32 Å². The largest absolute Gasteiger partial charge is 0.325 e. The van der Waals surface area contributed by atoms with E-state index >= 15 is 0 Å². The van der Waals surface area contributed by atoms with E-state index in [0.29, 0.717) is 5.92 Å². The van der Waals surface area contributed by atoms with Gasteiger partial charge in [-0.15, -0.1) is 0 Å². The molecule has 1 aromatic carbocycles. The molecule has 2 atom stereocenters. The molecule has 2 aliphatic carbocycles. The third kappa shape index (κ3) is 1.67. The Labute approximate surface area is 108 Å². The first-order valence-electron chi connectivity index (χ1n) is 6.82. The van der Waals surface area contributed by atoms with Crippen LogP contribution in [0.3, 0.4) is 0 Å². The van der Waals surface area contributed by atoms with Crippen LogP contribution in [0.2, 0.25) is 0 Å². The number of carbonyl (C=O) groups is 1. The van der Waals surface area contributed by atoms with Gasteiger partial charge in [-0.05, 0) is 43.7 Å². The summed E-state index contributed by atoms with van der Waals surface area (Å²) in [5.74, 6) is 0.836. The average molecular weight is 241 g/mol. The third-order valence-corrected chi connectivity index (χ3v) is 4.45. The van der Waals surface area contributed by atoms with Crippen molar-refractivity contribution in [1.82, 2.24) is 0 Å². The highest BCUT2D eigenvalue weighted by Crippen LogP contribution is 2.55. The quantitative estimate of drug-likeness (QED) is 0.802. The van der Waals surface area contributed by atoms with Gasteiger partial charge in [0.15, 0.2) is 0 Å². The number of anilines is 1. The normalized spacial score (nSPS) is 29.2. The minimum atomic E-state index is -0.199. The molecular weight excluding hydrogens is 222 g/mol. The highest BCUT2D eigenvalue weighted by molar-refractivity contribution is 5.98. The van der Waals surface area contributed by atoms with Crippen LogP contribution in [0.4, 0.5) is 5.69 Å². The molecule has 2 bridgehead atoms. The molecule has 18 heavy (non-hydrogen) atoms. The van der Waals surface area contributed by atoms with Gasteiger partial charge in [-0.2, -0.15) is 0 Å². The van der Waals surface area contributed by atoms with Crippen molar-refractivity contribution in [3.05, 3.63) is 42.0 Å². The molecule has 0 radical (unpaired) electrons. The van der Waals surface area contributed by atoms with E-state index in [-0.39, 0.29) is 11.3 Å². The number of hydrogen-bond donors (Lipinski definition) is 1. The van der Waals surface area contributed by atoms with Crippen LogP contribution in [-0.4, -0.2) is 5.91 Å². The molecule has 2 aliphatic rings. The van der Waals surface area contributed by atoms with Gasteiger partial charge in [-0.3, -0.25) is 4.79 Å². The molecule has 0 heterocycles. The van der Waals surface area contributed by atoms with E-state index < -0.39 is 0 Å². The monoisotopic (exact) mass is 241 g/mol. The maximum absolute atomic E-state index is 12.6. The molecule has 1 aromatic rings. The highest BCUT2D eigenvalue weighted by Gasteiger charge is 2.50. The summed E-state index contributed by atoms with van der Waals surface area (Å²) in [5, 5.41) is 3.09. The maximum Gasteiger partial charge on any atom is 0.234 e. The standard InChI is InChI=1S/C16H19NO/c1-2-13-10-12-8-9-16(13,11-12)15(18)17-14-6-4-3-5-7-14/h3-7,10,12H,2,8-9,11H2,1H3,(H,17,18). The fraction of sp³-hybridized carbons (Fsp3) is 0.438. The highest BCUT2D eigenvalue weighted by atomic mass is 16.2. The van der Waals surface area contributed by atoms with E-state index in [1.807, 2.05) is 30.3 Å². The fourth-order valence-corrected chi connectivity index (χ4v) is 3.54. The van der Waals surface area contributed by atoms with Crippen LogP contribution in [0.15, 0.2) is 42.0 Å². The third-order valence-electron chi connectivity index (χ3n) is 4.45. The molecule has 1 N–H and O–H groups in total. The summed E-state index contributed by atoms with van der Waals surface area (Å²) >= 11 is 0. The summed E-state index contributed by atoms with van der Waals surface area (Å²) in [7, 11) is 0. The van der Waals surface area contributed by atoms with Crippen molar-refractivity contribution < 1.29 is 4.79 Å². The smallest absolute Gasteiger partial charge is 0.234 e. The Morgan fingerprint density at radius 1 is 1.39 bits per heavy atom. The Morgan fingerprint density at radius 2 is 2.17 bits per heavy atom. The minimum absolute atomic E-state index is 0.196. The summed E-state index contributed by atoms with van der Waals surface area (Å²) in [5.41, 5.74) is 2.06.